The van der Waals surface area contributed by atoms with Gasteiger partial charge in [-0.15, -0.1) is 0 Å². The van der Waals surface area contributed by atoms with Crippen LogP contribution >= 0.6 is 12.2 Å². The van der Waals surface area contributed by atoms with Crippen molar-refractivity contribution < 1.29 is 4.21 Å². The van der Waals surface area contributed by atoms with Gasteiger partial charge in [-0.25, -0.2) is 0 Å². The monoisotopic (exact) mass is 284 g/mol. The second kappa shape index (κ2) is 4.31. The standard InChI is InChI=1S/C11H16N4OS2/c1-7-9-10(14(2)13-7)15(11(17)12-9)8-3-5-18(16)6-4-8/h8H,3-6H2,1-2H3,(H,12,17). The highest BCUT2D eigenvalue weighted by atomic mass is 32.2. The third-order valence-corrected chi connectivity index (χ3v) is 5.27. The van der Waals surface area contributed by atoms with Crippen molar-refractivity contribution in [3.8, 4) is 0 Å². The normalized spacial score (nSPS) is 24.8. The van der Waals surface area contributed by atoms with Crippen molar-refractivity contribution >= 4 is 34.2 Å². The Morgan fingerprint density at radius 3 is 2.78 bits per heavy atom. The Morgan fingerprint density at radius 1 is 1.44 bits per heavy atom. The molecule has 1 fully saturated rings. The Kier molecular flexibility index (Phi) is 2.90. The van der Waals surface area contributed by atoms with Crippen LogP contribution in [0.4, 0.5) is 0 Å². The number of H-pyrrole nitrogens is 1. The van der Waals surface area contributed by atoms with Crippen LogP contribution in [0.5, 0.6) is 0 Å². The second-order valence-corrected chi connectivity index (χ2v) is 6.87. The summed E-state index contributed by atoms with van der Waals surface area (Å²) in [5, 5.41) is 4.42. The molecule has 0 unspecified atom stereocenters. The number of rotatable bonds is 1. The molecule has 1 aliphatic heterocycles. The van der Waals surface area contributed by atoms with E-state index in [-0.39, 0.29) is 0 Å². The minimum Gasteiger partial charge on any atom is -0.328 e. The van der Waals surface area contributed by atoms with Gasteiger partial charge in [0.25, 0.3) is 0 Å². The summed E-state index contributed by atoms with van der Waals surface area (Å²) in [6, 6.07) is 0.346. The smallest absolute Gasteiger partial charge is 0.179 e. The number of hydrogen-bond donors (Lipinski definition) is 1. The maximum absolute atomic E-state index is 11.4. The molecule has 0 bridgehead atoms. The van der Waals surface area contributed by atoms with Gasteiger partial charge in [0.15, 0.2) is 10.4 Å². The molecule has 1 saturated heterocycles. The molecule has 2 aromatic rings. The molecular formula is C11H16N4OS2. The molecule has 7 heteroatoms. The number of fused-ring (bicyclic) bond motifs is 1. The van der Waals surface area contributed by atoms with Gasteiger partial charge in [0.1, 0.15) is 5.52 Å². The summed E-state index contributed by atoms with van der Waals surface area (Å²) in [6.45, 7) is 1.98. The van der Waals surface area contributed by atoms with Gasteiger partial charge < -0.3 is 4.98 Å². The predicted molar refractivity (Wildman–Crippen MR) is 74.8 cm³/mol. The number of hydrogen-bond acceptors (Lipinski definition) is 3. The molecule has 0 spiro atoms. The fourth-order valence-electron chi connectivity index (χ4n) is 2.71. The van der Waals surface area contributed by atoms with E-state index >= 15 is 0 Å². The largest absolute Gasteiger partial charge is 0.328 e. The first-order valence-electron chi connectivity index (χ1n) is 6.06. The van der Waals surface area contributed by atoms with Crippen LogP contribution in [0.15, 0.2) is 0 Å². The Hall–Kier alpha value is -0.950. The highest BCUT2D eigenvalue weighted by molar-refractivity contribution is 7.85. The van der Waals surface area contributed by atoms with Gasteiger partial charge >= 0.3 is 0 Å². The lowest BCUT2D eigenvalue weighted by Gasteiger charge is -2.23. The lowest BCUT2D eigenvalue weighted by molar-refractivity contribution is 0.460. The molecule has 0 aliphatic carbocycles. The van der Waals surface area contributed by atoms with Crippen LogP contribution in [-0.4, -0.2) is 35.0 Å². The van der Waals surface area contributed by atoms with Crippen LogP contribution < -0.4 is 0 Å². The molecular weight excluding hydrogens is 268 g/mol. The van der Waals surface area contributed by atoms with Crippen molar-refractivity contribution in [1.82, 2.24) is 19.3 Å². The van der Waals surface area contributed by atoms with Gasteiger partial charge in [0.2, 0.25) is 0 Å². The maximum Gasteiger partial charge on any atom is 0.179 e. The number of nitrogens with zero attached hydrogens (tertiary/aromatic N) is 3. The molecule has 0 amide bonds. The zero-order valence-corrected chi connectivity index (χ0v) is 12.1. The summed E-state index contributed by atoms with van der Waals surface area (Å²) in [5.74, 6) is 1.55. The van der Waals surface area contributed by atoms with Crippen LogP contribution in [0.2, 0.25) is 0 Å². The van der Waals surface area contributed by atoms with E-state index in [1.807, 2.05) is 18.7 Å². The summed E-state index contributed by atoms with van der Waals surface area (Å²) in [7, 11) is 1.30. The first-order chi connectivity index (χ1) is 8.58. The van der Waals surface area contributed by atoms with Crippen molar-refractivity contribution in [2.75, 3.05) is 11.5 Å². The van der Waals surface area contributed by atoms with Gasteiger partial charge in [-0.3, -0.25) is 13.5 Å². The average molecular weight is 284 g/mol. The Balaban J connectivity index is 2.13. The van der Waals surface area contributed by atoms with Crippen LogP contribution in [-0.2, 0) is 17.8 Å². The molecule has 0 saturated carbocycles. The van der Waals surface area contributed by atoms with E-state index in [0.29, 0.717) is 6.04 Å². The number of aromatic amines is 1. The second-order valence-electron chi connectivity index (χ2n) is 4.79. The molecule has 0 atom stereocenters. The minimum absolute atomic E-state index is 0.346. The van der Waals surface area contributed by atoms with Crippen molar-refractivity contribution in [3.63, 3.8) is 0 Å². The van der Waals surface area contributed by atoms with Gasteiger partial charge in [-0.05, 0) is 32.0 Å². The molecule has 18 heavy (non-hydrogen) atoms. The van der Waals surface area contributed by atoms with E-state index in [1.165, 1.54) is 0 Å². The highest BCUT2D eigenvalue weighted by Gasteiger charge is 2.23. The highest BCUT2D eigenvalue weighted by Crippen LogP contribution is 2.28. The van der Waals surface area contributed by atoms with E-state index in [1.54, 1.807) is 0 Å². The van der Waals surface area contributed by atoms with E-state index in [0.717, 1.165) is 46.0 Å². The number of aromatic nitrogens is 4. The third kappa shape index (κ3) is 1.76. The Morgan fingerprint density at radius 2 is 2.11 bits per heavy atom. The third-order valence-electron chi connectivity index (χ3n) is 3.59. The SMILES string of the molecule is Cc1nn(C)c2c1[nH]c(=S)n2C1CCS(=O)CC1. The number of aryl methyl sites for hydroxylation is 2. The molecule has 3 heterocycles. The first kappa shape index (κ1) is 12.1. The Labute approximate surface area is 113 Å². The molecule has 0 radical (unpaired) electrons. The van der Waals surface area contributed by atoms with Gasteiger partial charge in [-0.2, -0.15) is 5.10 Å². The van der Waals surface area contributed by atoms with E-state index in [2.05, 4.69) is 14.6 Å². The van der Waals surface area contributed by atoms with Crippen molar-refractivity contribution in [1.29, 1.82) is 0 Å². The number of imidazole rings is 1. The molecule has 1 N–H and O–H groups in total. The van der Waals surface area contributed by atoms with E-state index in [9.17, 15) is 4.21 Å². The van der Waals surface area contributed by atoms with Crippen molar-refractivity contribution in [3.05, 3.63) is 10.5 Å². The average Bonchev–Trinajstić information content (AvgIpc) is 2.79. The van der Waals surface area contributed by atoms with Crippen LogP contribution in [0, 0.1) is 11.7 Å². The lowest BCUT2D eigenvalue weighted by atomic mass is 10.1. The summed E-state index contributed by atoms with van der Waals surface area (Å²) in [4.78, 5) is 3.24. The summed E-state index contributed by atoms with van der Waals surface area (Å²) in [6.07, 6.45) is 1.86. The summed E-state index contributed by atoms with van der Waals surface area (Å²) in [5.41, 5.74) is 3.04. The molecule has 2 aromatic heterocycles. The maximum atomic E-state index is 11.4. The van der Waals surface area contributed by atoms with Gasteiger partial charge in [0, 0.05) is 35.4 Å². The fourth-order valence-corrected chi connectivity index (χ4v) is 4.32. The lowest BCUT2D eigenvalue weighted by Crippen LogP contribution is -2.22. The fraction of sp³-hybridized carbons (Fsp3) is 0.636. The van der Waals surface area contributed by atoms with E-state index in [4.69, 9.17) is 12.2 Å². The number of nitrogens with one attached hydrogen (secondary N) is 1. The van der Waals surface area contributed by atoms with Gasteiger partial charge in [-0.1, -0.05) is 0 Å². The van der Waals surface area contributed by atoms with Crippen LogP contribution in [0.1, 0.15) is 24.6 Å². The molecule has 3 rings (SSSR count). The van der Waals surface area contributed by atoms with E-state index < -0.39 is 10.8 Å². The zero-order chi connectivity index (χ0) is 12.9. The zero-order valence-electron chi connectivity index (χ0n) is 10.5. The molecule has 98 valence electrons. The van der Waals surface area contributed by atoms with Crippen molar-refractivity contribution in [2.45, 2.75) is 25.8 Å². The molecule has 5 nitrogen and oxygen atoms in total. The summed E-state index contributed by atoms with van der Waals surface area (Å²) < 4.78 is 16.2. The quantitative estimate of drug-likeness (QED) is 0.813. The van der Waals surface area contributed by atoms with Crippen molar-refractivity contribution in [2.24, 2.45) is 7.05 Å². The topological polar surface area (TPSA) is 55.6 Å². The predicted octanol–water partition coefficient (Wildman–Crippen LogP) is 1.82. The van der Waals surface area contributed by atoms with Gasteiger partial charge in [0.05, 0.1) is 5.69 Å². The molecule has 0 aromatic carbocycles. The minimum atomic E-state index is -0.643. The van der Waals surface area contributed by atoms with Crippen LogP contribution in [0.3, 0.4) is 0 Å². The molecule has 1 aliphatic rings. The first-order valence-corrected chi connectivity index (χ1v) is 7.96. The summed E-state index contributed by atoms with van der Waals surface area (Å²) >= 11 is 5.43. The Bertz CT molecular complexity index is 671. The van der Waals surface area contributed by atoms with Crippen LogP contribution in [0.25, 0.3) is 11.2 Å².